The highest BCUT2D eigenvalue weighted by Crippen LogP contribution is 2.27. The zero-order valence-corrected chi connectivity index (χ0v) is 10.1. The normalized spacial score (nSPS) is 25.5. The quantitative estimate of drug-likeness (QED) is 0.830. The van der Waals surface area contributed by atoms with Crippen LogP contribution in [0.1, 0.15) is 19.3 Å². The van der Waals surface area contributed by atoms with Gasteiger partial charge in [0.1, 0.15) is 10.4 Å². The summed E-state index contributed by atoms with van der Waals surface area (Å²) in [7, 11) is 0. The lowest BCUT2D eigenvalue weighted by molar-refractivity contribution is 0.222. The number of hydrogen-bond acceptors (Lipinski definition) is 3. The highest BCUT2D eigenvalue weighted by atomic mass is 79.9. The summed E-state index contributed by atoms with van der Waals surface area (Å²) < 4.78 is 0.839. The summed E-state index contributed by atoms with van der Waals surface area (Å²) in [4.78, 5) is 4.33. The molecule has 0 radical (unpaired) electrons. The Hall–Kier alpha value is -0.610. The van der Waals surface area contributed by atoms with Crippen molar-refractivity contribution < 1.29 is 5.11 Å². The van der Waals surface area contributed by atoms with Crippen molar-refractivity contribution >= 4 is 21.7 Å². The van der Waals surface area contributed by atoms with Gasteiger partial charge in [-0.15, -0.1) is 0 Å². The molecule has 4 heteroatoms. The van der Waals surface area contributed by atoms with E-state index in [1.54, 1.807) is 0 Å². The molecule has 0 spiro atoms. The third kappa shape index (κ3) is 2.69. The van der Waals surface area contributed by atoms with E-state index < -0.39 is 0 Å². The molecule has 0 aliphatic heterocycles. The summed E-state index contributed by atoms with van der Waals surface area (Å²) in [5.74, 6) is 1.26. The summed E-state index contributed by atoms with van der Waals surface area (Å²) in [5.41, 5.74) is 0. The number of rotatable bonds is 3. The van der Waals surface area contributed by atoms with Crippen LogP contribution in [0.5, 0.6) is 0 Å². The molecule has 0 aromatic carbocycles. The van der Waals surface area contributed by atoms with E-state index in [4.69, 9.17) is 0 Å². The van der Waals surface area contributed by atoms with Crippen LogP contribution in [-0.4, -0.2) is 22.7 Å². The Morgan fingerprint density at radius 3 is 3.07 bits per heavy atom. The van der Waals surface area contributed by atoms with E-state index in [0.29, 0.717) is 12.0 Å². The van der Waals surface area contributed by atoms with Crippen molar-refractivity contribution in [3.8, 4) is 0 Å². The van der Waals surface area contributed by atoms with Gasteiger partial charge in [-0.1, -0.05) is 12.5 Å². The average molecular weight is 271 g/mol. The van der Waals surface area contributed by atoms with Crippen LogP contribution in [0.25, 0.3) is 0 Å². The molecule has 1 aliphatic carbocycles. The van der Waals surface area contributed by atoms with Crippen LogP contribution >= 0.6 is 15.9 Å². The molecule has 82 valence electrons. The lowest BCUT2D eigenvalue weighted by atomic mass is 10.1. The molecule has 1 heterocycles. The number of anilines is 1. The Kier molecular flexibility index (Phi) is 3.59. The Morgan fingerprint density at radius 2 is 2.33 bits per heavy atom. The molecule has 2 atom stereocenters. The van der Waals surface area contributed by atoms with Gasteiger partial charge in [0.15, 0.2) is 0 Å². The molecule has 0 bridgehead atoms. The fraction of sp³-hybridized carbons (Fsp3) is 0.545. The number of aliphatic hydroxyl groups excluding tert-OH is 1. The van der Waals surface area contributed by atoms with Gasteiger partial charge in [-0.3, -0.25) is 0 Å². The minimum atomic E-state index is 0.270. The number of aliphatic hydroxyl groups is 1. The first-order valence-corrected chi connectivity index (χ1v) is 6.09. The molecule has 0 saturated heterocycles. The second-order valence-electron chi connectivity index (χ2n) is 3.97. The maximum Gasteiger partial charge on any atom is 0.127 e. The zero-order valence-electron chi connectivity index (χ0n) is 8.49. The van der Waals surface area contributed by atoms with Gasteiger partial charge >= 0.3 is 0 Å². The number of nitrogens with one attached hydrogen (secondary N) is 1. The minimum Gasteiger partial charge on any atom is -0.396 e. The number of halogens is 1. The van der Waals surface area contributed by atoms with Gasteiger partial charge in [0, 0.05) is 18.6 Å². The van der Waals surface area contributed by atoms with E-state index >= 15 is 0 Å². The van der Waals surface area contributed by atoms with E-state index in [2.05, 4.69) is 26.2 Å². The molecule has 0 amide bonds. The standard InChI is InChI=1S/C11H15BrN2O/c12-10-5-2-6-11(14-10)13-9-4-1-3-8(9)7-15/h2,5-6,8-9,15H,1,3-4,7H2,(H,13,14). The molecule has 2 N–H and O–H groups in total. The molecule has 2 unspecified atom stereocenters. The van der Waals surface area contributed by atoms with Crippen LogP contribution in [0.2, 0.25) is 0 Å². The molecule has 1 saturated carbocycles. The third-order valence-electron chi connectivity index (χ3n) is 2.94. The van der Waals surface area contributed by atoms with Crippen molar-refractivity contribution in [1.29, 1.82) is 0 Å². The Labute approximate surface area is 98.0 Å². The summed E-state index contributed by atoms with van der Waals surface area (Å²) in [6.07, 6.45) is 3.43. The highest BCUT2D eigenvalue weighted by molar-refractivity contribution is 9.10. The Bertz CT molecular complexity index is 332. The molecule has 3 nitrogen and oxygen atoms in total. The maximum atomic E-state index is 9.20. The second-order valence-corrected chi connectivity index (χ2v) is 4.78. The van der Waals surface area contributed by atoms with Crippen LogP contribution in [0.15, 0.2) is 22.8 Å². The summed E-state index contributed by atoms with van der Waals surface area (Å²) in [6, 6.07) is 6.19. The van der Waals surface area contributed by atoms with Gasteiger partial charge < -0.3 is 10.4 Å². The summed E-state index contributed by atoms with van der Waals surface area (Å²) in [6.45, 7) is 0.270. The van der Waals surface area contributed by atoms with Crippen LogP contribution in [0.3, 0.4) is 0 Å². The number of nitrogens with zero attached hydrogens (tertiary/aromatic N) is 1. The average Bonchev–Trinajstić information content (AvgIpc) is 2.65. The van der Waals surface area contributed by atoms with Crippen molar-refractivity contribution in [3.05, 3.63) is 22.8 Å². The van der Waals surface area contributed by atoms with Gasteiger partial charge in [0.05, 0.1) is 0 Å². The molecular formula is C11H15BrN2O. The fourth-order valence-corrected chi connectivity index (χ4v) is 2.47. The van der Waals surface area contributed by atoms with E-state index in [1.165, 1.54) is 6.42 Å². The Balaban J connectivity index is 2.02. The SMILES string of the molecule is OCC1CCCC1Nc1cccc(Br)n1. The van der Waals surface area contributed by atoms with Crippen LogP contribution < -0.4 is 5.32 Å². The van der Waals surface area contributed by atoms with Gasteiger partial charge in [-0.2, -0.15) is 0 Å². The molecule has 2 rings (SSSR count). The molecule has 1 fully saturated rings. The monoisotopic (exact) mass is 270 g/mol. The summed E-state index contributed by atoms with van der Waals surface area (Å²) >= 11 is 3.34. The molecule has 1 aliphatic rings. The highest BCUT2D eigenvalue weighted by Gasteiger charge is 2.26. The second kappa shape index (κ2) is 4.94. The first kappa shape index (κ1) is 10.9. The van der Waals surface area contributed by atoms with Crippen LogP contribution in [0.4, 0.5) is 5.82 Å². The van der Waals surface area contributed by atoms with E-state index in [0.717, 1.165) is 23.3 Å². The minimum absolute atomic E-state index is 0.270. The first-order chi connectivity index (χ1) is 7.29. The van der Waals surface area contributed by atoms with Crippen LogP contribution in [-0.2, 0) is 0 Å². The van der Waals surface area contributed by atoms with E-state index in [1.807, 2.05) is 18.2 Å². The maximum absolute atomic E-state index is 9.20. The first-order valence-electron chi connectivity index (χ1n) is 5.29. The van der Waals surface area contributed by atoms with Crippen molar-refractivity contribution in [2.24, 2.45) is 5.92 Å². The van der Waals surface area contributed by atoms with Crippen molar-refractivity contribution in [2.45, 2.75) is 25.3 Å². The van der Waals surface area contributed by atoms with Crippen molar-refractivity contribution in [1.82, 2.24) is 4.98 Å². The fourth-order valence-electron chi connectivity index (χ4n) is 2.12. The van der Waals surface area contributed by atoms with Crippen molar-refractivity contribution in [2.75, 3.05) is 11.9 Å². The topological polar surface area (TPSA) is 45.1 Å². The number of pyridine rings is 1. The van der Waals surface area contributed by atoms with Crippen molar-refractivity contribution in [3.63, 3.8) is 0 Å². The number of hydrogen-bond donors (Lipinski definition) is 2. The predicted octanol–water partition coefficient (Wildman–Crippen LogP) is 2.42. The van der Waals surface area contributed by atoms with Gasteiger partial charge in [0.25, 0.3) is 0 Å². The lowest BCUT2D eigenvalue weighted by Gasteiger charge is -2.19. The largest absolute Gasteiger partial charge is 0.396 e. The molecule has 1 aromatic rings. The number of aromatic nitrogens is 1. The zero-order chi connectivity index (χ0) is 10.7. The van der Waals surface area contributed by atoms with Gasteiger partial charge in [-0.05, 0) is 40.9 Å². The van der Waals surface area contributed by atoms with E-state index in [-0.39, 0.29) is 6.61 Å². The van der Waals surface area contributed by atoms with Crippen LogP contribution in [0, 0.1) is 5.92 Å². The predicted molar refractivity (Wildman–Crippen MR) is 63.8 cm³/mol. The molecule has 15 heavy (non-hydrogen) atoms. The third-order valence-corrected chi connectivity index (χ3v) is 3.38. The summed E-state index contributed by atoms with van der Waals surface area (Å²) in [5, 5.41) is 12.6. The smallest absolute Gasteiger partial charge is 0.127 e. The lowest BCUT2D eigenvalue weighted by Crippen LogP contribution is -2.26. The van der Waals surface area contributed by atoms with E-state index in [9.17, 15) is 5.11 Å². The Morgan fingerprint density at radius 1 is 1.47 bits per heavy atom. The molecule has 1 aromatic heterocycles. The van der Waals surface area contributed by atoms with Gasteiger partial charge in [0.2, 0.25) is 0 Å². The molecular weight excluding hydrogens is 256 g/mol. The van der Waals surface area contributed by atoms with Gasteiger partial charge in [-0.25, -0.2) is 4.98 Å².